The van der Waals surface area contributed by atoms with Gasteiger partial charge in [-0.05, 0) is 32.6 Å². The second-order valence-electron chi connectivity index (χ2n) is 5.80. The van der Waals surface area contributed by atoms with Crippen molar-refractivity contribution in [1.29, 1.82) is 0 Å². The molecule has 0 bridgehead atoms. The summed E-state index contributed by atoms with van der Waals surface area (Å²) in [6, 6.07) is -0.293. The number of carboxylic acids is 1. The molecule has 0 aromatic carbocycles. The molecular weight excluding hydrogens is 262 g/mol. The highest BCUT2D eigenvalue weighted by atomic mass is 16.4. The quantitative estimate of drug-likeness (QED) is 0.757. The summed E-state index contributed by atoms with van der Waals surface area (Å²) in [4.78, 5) is 38.2. The Hall–Kier alpha value is -1.79. The van der Waals surface area contributed by atoms with Gasteiger partial charge in [-0.2, -0.15) is 0 Å². The van der Waals surface area contributed by atoms with E-state index in [1.54, 1.807) is 11.8 Å². The van der Waals surface area contributed by atoms with Crippen LogP contribution in [0.5, 0.6) is 0 Å². The molecule has 20 heavy (non-hydrogen) atoms. The Morgan fingerprint density at radius 2 is 1.95 bits per heavy atom. The lowest BCUT2D eigenvalue weighted by molar-refractivity contribution is -0.147. The van der Waals surface area contributed by atoms with Gasteiger partial charge in [-0.1, -0.05) is 0 Å². The smallest absolute Gasteiger partial charge is 0.329 e. The highest BCUT2D eigenvalue weighted by molar-refractivity contribution is 5.87. The Labute approximate surface area is 117 Å². The number of likely N-dealkylation sites (tertiary alicyclic amines) is 2. The minimum atomic E-state index is -1.14. The summed E-state index contributed by atoms with van der Waals surface area (Å²) in [5, 5.41) is 9.34. The van der Waals surface area contributed by atoms with Crippen molar-refractivity contribution in [3.8, 4) is 0 Å². The van der Waals surface area contributed by atoms with Crippen LogP contribution in [0.4, 0.5) is 4.79 Å². The number of hydrogen-bond donors (Lipinski definition) is 2. The number of carbonyl (C=O) groups excluding carboxylic acids is 2. The topological polar surface area (TPSA) is 104 Å². The molecule has 7 nitrogen and oxygen atoms in total. The summed E-state index contributed by atoms with van der Waals surface area (Å²) < 4.78 is 0. The maximum Gasteiger partial charge on any atom is 0.329 e. The van der Waals surface area contributed by atoms with Crippen molar-refractivity contribution >= 4 is 17.9 Å². The molecule has 2 aliphatic heterocycles. The van der Waals surface area contributed by atoms with Crippen LogP contribution in [-0.4, -0.2) is 58.0 Å². The Morgan fingerprint density at radius 3 is 2.55 bits per heavy atom. The van der Waals surface area contributed by atoms with Crippen LogP contribution < -0.4 is 5.73 Å². The third-order valence-corrected chi connectivity index (χ3v) is 4.43. The fourth-order valence-corrected chi connectivity index (χ4v) is 3.05. The fourth-order valence-electron chi connectivity index (χ4n) is 3.05. The summed E-state index contributed by atoms with van der Waals surface area (Å²) in [5.74, 6) is -1.71. The number of carboxylic acid groups (broad SMARTS) is 1. The molecule has 0 radical (unpaired) electrons. The Kier molecular flexibility index (Phi) is 3.87. The molecule has 0 aromatic heterocycles. The van der Waals surface area contributed by atoms with Gasteiger partial charge in [0.1, 0.15) is 5.54 Å². The third kappa shape index (κ3) is 2.44. The van der Waals surface area contributed by atoms with E-state index in [1.807, 2.05) is 0 Å². The number of carbonyl (C=O) groups is 3. The molecule has 2 atom stereocenters. The molecule has 2 rings (SSSR count). The van der Waals surface area contributed by atoms with Crippen molar-refractivity contribution in [3.63, 3.8) is 0 Å². The molecule has 0 aromatic rings. The molecule has 3 N–H and O–H groups in total. The van der Waals surface area contributed by atoms with E-state index in [0.717, 1.165) is 6.42 Å². The van der Waals surface area contributed by atoms with Gasteiger partial charge in [0.05, 0.1) is 5.92 Å². The number of aliphatic carboxylic acids is 1. The minimum Gasteiger partial charge on any atom is -0.480 e. The summed E-state index contributed by atoms with van der Waals surface area (Å²) in [6.45, 7) is 2.87. The van der Waals surface area contributed by atoms with Crippen LogP contribution in [0.15, 0.2) is 0 Å². The predicted molar refractivity (Wildman–Crippen MR) is 70.9 cm³/mol. The molecular formula is C13H21N3O4. The average Bonchev–Trinajstić information content (AvgIpc) is 2.81. The number of hydrogen-bond acceptors (Lipinski definition) is 3. The fraction of sp³-hybridized carbons (Fsp3) is 0.769. The van der Waals surface area contributed by atoms with E-state index in [9.17, 15) is 19.5 Å². The second-order valence-corrected chi connectivity index (χ2v) is 5.80. The highest BCUT2D eigenvalue weighted by Crippen LogP contribution is 2.31. The van der Waals surface area contributed by atoms with Gasteiger partial charge in [0.2, 0.25) is 5.91 Å². The van der Waals surface area contributed by atoms with Crippen LogP contribution in [0.2, 0.25) is 0 Å². The van der Waals surface area contributed by atoms with Gasteiger partial charge in [-0.25, -0.2) is 9.59 Å². The first-order chi connectivity index (χ1) is 9.36. The molecule has 2 aliphatic rings. The van der Waals surface area contributed by atoms with Crippen molar-refractivity contribution in [2.45, 2.75) is 38.1 Å². The molecule has 2 fully saturated rings. The molecule has 0 saturated carbocycles. The van der Waals surface area contributed by atoms with E-state index in [4.69, 9.17) is 5.73 Å². The minimum absolute atomic E-state index is 0.292. The van der Waals surface area contributed by atoms with Gasteiger partial charge in [-0.3, -0.25) is 4.79 Å². The largest absolute Gasteiger partial charge is 0.480 e. The molecule has 2 saturated heterocycles. The van der Waals surface area contributed by atoms with Gasteiger partial charge >= 0.3 is 12.0 Å². The summed E-state index contributed by atoms with van der Waals surface area (Å²) in [7, 11) is 0. The number of piperidine rings is 1. The van der Waals surface area contributed by atoms with Gasteiger partial charge in [0, 0.05) is 19.6 Å². The van der Waals surface area contributed by atoms with Gasteiger partial charge in [0.15, 0.2) is 0 Å². The Balaban J connectivity index is 2.11. The lowest BCUT2D eigenvalue weighted by Crippen LogP contribution is -2.57. The lowest BCUT2D eigenvalue weighted by atomic mass is 9.97. The van der Waals surface area contributed by atoms with Crippen LogP contribution in [0, 0.1) is 5.92 Å². The van der Waals surface area contributed by atoms with Crippen LogP contribution in [0.25, 0.3) is 0 Å². The first-order valence-electron chi connectivity index (χ1n) is 6.95. The predicted octanol–water partition coefficient (Wildman–Crippen LogP) is 0.243. The first kappa shape index (κ1) is 14.6. The standard InChI is InChI=1S/C13H21N3O4/c1-13(11(18)19)5-3-7-16(13)12(20)15-6-2-4-9(8-15)10(14)17/h9H,2-8H2,1H3,(H2,14,17)(H,18,19). The van der Waals surface area contributed by atoms with Crippen molar-refractivity contribution in [2.75, 3.05) is 19.6 Å². The van der Waals surface area contributed by atoms with Crippen molar-refractivity contribution in [1.82, 2.24) is 9.80 Å². The number of urea groups is 1. The van der Waals surface area contributed by atoms with Gasteiger partial charge in [0.25, 0.3) is 0 Å². The zero-order chi connectivity index (χ0) is 14.9. The molecule has 112 valence electrons. The number of nitrogens with two attached hydrogens (primary N) is 1. The number of primary amides is 1. The lowest BCUT2D eigenvalue weighted by Gasteiger charge is -2.38. The zero-order valence-electron chi connectivity index (χ0n) is 11.7. The normalized spacial score (nSPS) is 30.4. The van der Waals surface area contributed by atoms with Crippen LogP contribution in [0.3, 0.4) is 0 Å². The number of nitrogens with zero attached hydrogens (tertiary/aromatic N) is 2. The van der Waals surface area contributed by atoms with E-state index in [1.165, 1.54) is 4.90 Å². The van der Waals surface area contributed by atoms with Crippen LogP contribution in [0.1, 0.15) is 32.6 Å². The van der Waals surface area contributed by atoms with E-state index < -0.39 is 17.4 Å². The van der Waals surface area contributed by atoms with E-state index in [2.05, 4.69) is 0 Å². The molecule has 7 heteroatoms. The molecule has 0 aliphatic carbocycles. The monoisotopic (exact) mass is 283 g/mol. The molecule has 3 amide bonds. The van der Waals surface area contributed by atoms with Crippen LogP contribution in [-0.2, 0) is 9.59 Å². The van der Waals surface area contributed by atoms with E-state index >= 15 is 0 Å². The second kappa shape index (κ2) is 5.30. The SMILES string of the molecule is CC1(C(=O)O)CCCN1C(=O)N1CCCC(C(N)=O)C1. The number of rotatable bonds is 2. The zero-order valence-corrected chi connectivity index (χ0v) is 11.7. The summed E-state index contributed by atoms with van der Waals surface area (Å²) in [5.41, 5.74) is 4.16. The van der Waals surface area contributed by atoms with Gasteiger partial charge < -0.3 is 20.6 Å². The first-order valence-corrected chi connectivity index (χ1v) is 6.95. The maximum absolute atomic E-state index is 12.5. The Bertz CT molecular complexity index is 439. The molecule has 2 unspecified atom stereocenters. The maximum atomic E-state index is 12.5. The molecule has 0 spiro atoms. The van der Waals surface area contributed by atoms with Crippen LogP contribution >= 0.6 is 0 Å². The van der Waals surface area contributed by atoms with Gasteiger partial charge in [-0.15, -0.1) is 0 Å². The average molecular weight is 283 g/mol. The summed E-state index contributed by atoms with van der Waals surface area (Å²) >= 11 is 0. The van der Waals surface area contributed by atoms with Crippen molar-refractivity contribution < 1.29 is 19.5 Å². The Morgan fingerprint density at radius 1 is 1.25 bits per heavy atom. The third-order valence-electron chi connectivity index (χ3n) is 4.43. The number of amides is 3. The van der Waals surface area contributed by atoms with Crippen molar-refractivity contribution in [2.24, 2.45) is 11.7 Å². The molecule has 2 heterocycles. The van der Waals surface area contributed by atoms with Crippen molar-refractivity contribution in [3.05, 3.63) is 0 Å². The van der Waals surface area contributed by atoms with E-state index in [0.29, 0.717) is 38.9 Å². The summed E-state index contributed by atoms with van der Waals surface area (Å²) in [6.07, 6.45) is 2.55. The van der Waals surface area contributed by atoms with E-state index in [-0.39, 0.29) is 11.9 Å². The highest BCUT2D eigenvalue weighted by Gasteiger charge is 2.47.